The van der Waals surface area contributed by atoms with Crippen molar-refractivity contribution in [3.05, 3.63) is 34.7 Å². The third-order valence-electron chi connectivity index (χ3n) is 2.68. The number of rotatable bonds is 4. The van der Waals surface area contributed by atoms with E-state index in [4.69, 9.17) is 25.6 Å². The number of ether oxygens (including phenoxy) is 2. The SMILES string of the molecule is COc1cc(NC(=O)c2oncc2C)c(OC)cc1Cl. The van der Waals surface area contributed by atoms with Gasteiger partial charge in [0, 0.05) is 17.7 Å². The van der Waals surface area contributed by atoms with Crippen LogP contribution in [0.3, 0.4) is 0 Å². The van der Waals surface area contributed by atoms with Crippen molar-refractivity contribution in [2.45, 2.75) is 6.92 Å². The van der Waals surface area contributed by atoms with Gasteiger partial charge in [-0.15, -0.1) is 0 Å². The Kier molecular flexibility index (Phi) is 4.14. The molecular formula is C13H13ClN2O4. The third kappa shape index (κ3) is 2.70. The summed E-state index contributed by atoms with van der Waals surface area (Å²) in [6.45, 7) is 1.73. The molecule has 0 spiro atoms. The van der Waals surface area contributed by atoms with Gasteiger partial charge in [0.2, 0.25) is 5.76 Å². The van der Waals surface area contributed by atoms with Crippen molar-refractivity contribution in [2.24, 2.45) is 0 Å². The number of hydrogen-bond acceptors (Lipinski definition) is 5. The van der Waals surface area contributed by atoms with Gasteiger partial charge in [0.1, 0.15) is 11.5 Å². The van der Waals surface area contributed by atoms with Gasteiger partial charge in [0.05, 0.1) is 31.1 Å². The molecule has 0 atom stereocenters. The molecule has 2 rings (SSSR count). The van der Waals surface area contributed by atoms with E-state index in [1.54, 1.807) is 19.1 Å². The monoisotopic (exact) mass is 296 g/mol. The van der Waals surface area contributed by atoms with Crippen LogP contribution in [-0.2, 0) is 0 Å². The van der Waals surface area contributed by atoms with E-state index < -0.39 is 5.91 Å². The van der Waals surface area contributed by atoms with E-state index in [9.17, 15) is 4.79 Å². The van der Waals surface area contributed by atoms with Crippen LogP contribution in [0.2, 0.25) is 5.02 Å². The molecule has 1 amide bonds. The predicted octanol–water partition coefficient (Wildman–Crippen LogP) is 2.91. The molecule has 7 heteroatoms. The Bertz CT molecular complexity index is 639. The van der Waals surface area contributed by atoms with Gasteiger partial charge in [-0.05, 0) is 6.92 Å². The fraction of sp³-hybridized carbons (Fsp3) is 0.231. The van der Waals surface area contributed by atoms with Gasteiger partial charge in [0.25, 0.3) is 5.91 Å². The summed E-state index contributed by atoms with van der Waals surface area (Å²) >= 11 is 6.00. The van der Waals surface area contributed by atoms with E-state index in [0.717, 1.165) is 0 Å². The molecule has 1 N–H and O–H groups in total. The maximum atomic E-state index is 12.1. The van der Waals surface area contributed by atoms with Crippen LogP contribution in [0.1, 0.15) is 16.1 Å². The molecule has 0 fully saturated rings. The topological polar surface area (TPSA) is 73.6 Å². The highest BCUT2D eigenvalue weighted by atomic mass is 35.5. The van der Waals surface area contributed by atoms with Crippen LogP contribution < -0.4 is 14.8 Å². The lowest BCUT2D eigenvalue weighted by atomic mass is 10.2. The first-order valence-corrected chi connectivity index (χ1v) is 6.08. The Hall–Kier alpha value is -2.21. The number of benzene rings is 1. The standard InChI is InChI=1S/C13H13ClN2O4/c1-7-6-15-20-12(7)13(17)16-9-5-10(18-2)8(14)4-11(9)19-3/h4-6H,1-3H3,(H,16,17). The number of halogens is 1. The van der Waals surface area contributed by atoms with Crippen molar-refractivity contribution in [3.63, 3.8) is 0 Å². The van der Waals surface area contributed by atoms with Crippen LogP contribution in [-0.4, -0.2) is 25.3 Å². The van der Waals surface area contributed by atoms with Crippen molar-refractivity contribution in [3.8, 4) is 11.5 Å². The van der Waals surface area contributed by atoms with Crippen molar-refractivity contribution in [1.29, 1.82) is 0 Å². The highest BCUT2D eigenvalue weighted by molar-refractivity contribution is 6.32. The minimum atomic E-state index is -0.428. The quantitative estimate of drug-likeness (QED) is 0.939. The van der Waals surface area contributed by atoms with E-state index in [2.05, 4.69) is 10.5 Å². The molecule has 0 aliphatic heterocycles. The number of aromatic nitrogens is 1. The van der Waals surface area contributed by atoms with Gasteiger partial charge in [-0.1, -0.05) is 16.8 Å². The molecule has 0 bridgehead atoms. The van der Waals surface area contributed by atoms with E-state index in [1.807, 2.05) is 0 Å². The smallest absolute Gasteiger partial charge is 0.294 e. The molecule has 1 aromatic carbocycles. The number of carbonyl (C=O) groups is 1. The van der Waals surface area contributed by atoms with Crippen molar-refractivity contribution >= 4 is 23.2 Å². The number of methoxy groups -OCH3 is 2. The molecule has 6 nitrogen and oxygen atoms in total. The highest BCUT2D eigenvalue weighted by Gasteiger charge is 2.17. The van der Waals surface area contributed by atoms with Crippen molar-refractivity contribution in [2.75, 3.05) is 19.5 Å². The molecule has 0 unspecified atom stereocenters. The zero-order valence-electron chi connectivity index (χ0n) is 11.2. The van der Waals surface area contributed by atoms with Crippen LogP contribution in [0, 0.1) is 6.92 Å². The summed E-state index contributed by atoms with van der Waals surface area (Å²) in [4.78, 5) is 12.1. The highest BCUT2D eigenvalue weighted by Crippen LogP contribution is 2.36. The molecule has 20 heavy (non-hydrogen) atoms. The van der Waals surface area contributed by atoms with Crippen LogP contribution >= 0.6 is 11.6 Å². The number of amides is 1. The molecule has 0 saturated heterocycles. The van der Waals surface area contributed by atoms with Gasteiger partial charge in [-0.2, -0.15) is 0 Å². The second-order valence-electron chi connectivity index (χ2n) is 3.98. The van der Waals surface area contributed by atoms with Crippen molar-refractivity contribution < 1.29 is 18.8 Å². The van der Waals surface area contributed by atoms with Gasteiger partial charge in [0.15, 0.2) is 0 Å². The summed E-state index contributed by atoms with van der Waals surface area (Å²) in [5.41, 5.74) is 1.07. The fourth-order valence-electron chi connectivity index (χ4n) is 1.65. The number of hydrogen-bond donors (Lipinski definition) is 1. The number of anilines is 1. The minimum Gasteiger partial charge on any atom is -0.495 e. The van der Waals surface area contributed by atoms with Crippen LogP contribution in [0.4, 0.5) is 5.69 Å². The Balaban J connectivity index is 2.33. The maximum absolute atomic E-state index is 12.1. The second-order valence-corrected chi connectivity index (χ2v) is 4.39. The maximum Gasteiger partial charge on any atom is 0.294 e. The Morgan fingerprint density at radius 3 is 2.55 bits per heavy atom. The number of nitrogens with zero attached hydrogens (tertiary/aromatic N) is 1. The van der Waals surface area contributed by atoms with Crippen LogP contribution in [0.15, 0.2) is 22.9 Å². The van der Waals surface area contributed by atoms with Crippen LogP contribution in [0.25, 0.3) is 0 Å². The van der Waals surface area contributed by atoms with E-state index in [0.29, 0.717) is 27.8 Å². The molecule has 0 saturated carbocycles. The second kappa shape index (κ2) is 5.83. The first kappa shape index (κ1) is 14.2. The first-order valence-electron chi connectivity index (χ1n) is 5.71. The lowest BCUT2D eigenvalue weighted by Gasteiger charge is -2.12. The molecule has 2 aromatic rings. The fourth-order valence-corrected chi connectivity index (χ4v) is 1.88. The average molecular weight is 297 g/mol. The largest absolute Gasteiger partial charge is 0.495 e. The number of aryl methyl sites for hydroxylation is 1. The zero-order chi connectivity index (χ0) is 14.7. The van der Waals surface area contributed by atoms with Gasteiger partial charge in [-0.25, -0.2) is 0 Å². The first-order chi connectivity index (χ1) is 9.56. The minimum absolute atomic E-state index is 0.140. The Morgan fingerprint density at radius 2 is 2.00 bits per heavy atom. The lowest BCUT2D eigenvalue weighted by molar-refractivity contribution is 0.0986. The molecule has 0 aliphatic rings. The van der Waals surface area contributed by atoms with E-state index in [-0.39, 0.29) is 5.76 Å². The van der Waals surface area contributed by atoms with Gasteiger partial charge < -0.3 is 19.3 Å². The summed E-state index contributed by atoms with van der Waals surface area (Å²) in [7, 11) is 2.97. The Labute approximate surface area is 120 Å². The van der Waals surface area contributed by atoms with Crippen LogP contribution in [0.5, 0.6) is 11.5 Å². The predicted molar refractivity (Wildman–Crippen MR) is 73.7 cm³/mol. The number of carbonyl (C=O) groups excluding carboxylic acids is 1. The molecule has 1 aromatic heterocycles. The molecule has 0 radical (unpaired) electrons. The molecule has 1 heterocycles. The van der Waals surface area contributed by atoms with Crippen molar-refractivity contribution in [1.82, 2.24) is 5.16 Å². The number of nitrogens with one attached hydrogen (secondary N) is 1. The summed E-state index contributed by atoms with van der Waals surface area (Å²) in [5, 5.41) is 6.62. The summed E-state index contributed by atoms with van der Waals surface area (Å²) in [6.07, 6.45) is 1.47. The third-order valence-corrected chi connectivity index (χ3v) is 2.97. The normalized spacial score (nSPS) is 10.2. The lowest BCUT2D eigenvalue weighted by Crippen LogP contribution is -2.13. The zero-order valence-corrected chi connectivity index (χ0v) is 11.9. The summed E-state index contributed by atoms with van der Waals surface area (Å²) in [6, 6.07) is 3.13. The summed E-state index contributed by atoms with van der Waals surface area (Å²) < 4.78 is 15.2. The van der Waals surface area contributed by atoms with Gasteiger partial charge >= 0.3 is 0 Å². The van der Waals surface area contributed by atoms with E-state index >= 15 is 0 Å². The average Bonchev–Trinajstić information content (AvgIpc) is 2.86. The molecule has 106 valence electrons. The van der Waals surface area contributed by atoms with Gasteiger partial charge in [-0.3, -0.25) is 4.79 Å². The Morgan fingerprint density at radius 1 is 1.30 bits per heavy atom. The summed E-state index contributed by atoms with van der Waals surface area (Å²) in [5.74, 6) is 0.557. The van der Waals surface area contributed by atoms with E-state index in [1.165, 1.54) is 20.4 Å². The molecular weight excluding hydrogens is 284 g/mol. The molecule has 0 aliphatic carbocycles.